The molecule has 1 aliphatic heterocycles. The van der Waals surface area contributed by atoms with Gasteiger partial charge in [-0.3, -0.25) is 9.78 Å². The zero-order valence-corrected chi connectivity index (χ0v) is 13.2. The summed E-state index contributed by atoms with van der Waals surface area (Å²) in [6.45, 7) is 1.67. The smallest absolute Gasteiger partial charge is 0.291 e. The van der Waals surface area contributed by atoms with Crippen LogP contribution in [0.4, 0.5) is 0 Å². The maximum atomic E-state index is 12.5. The number of amides is 1. The summed E-state index contributed by atoms with van der Waals surface area (Å²) < 4.78 is 10.2. The number of hydrogen-bond acceptors (Lipinski definition) is 6. The van der Waals surface area contributed by atoms with Crippen LogP contribution in [0.25, 0.3) is 0 Å². The van der Waals surface area contributed by atoms with Crippen molar-refractivity contribution in [1.82, 2.24) is 19.9 Å². The van der Waals surface area contributed by atoms with Gasteiger partial charge in [0.05, 0.1) is 26.1 Å². The van der Waals surface area contributed by atoms with Gasteiger partial charge >= 0.3 is 0 Å². The lowest BCUT2D eigenvalue weighted by molar-refractivity contribution is 0.0720. The molecular weight excluding hydrogens is 296 g/mol. The van der Waals surface area contributed by atoms with E-state index < -0.39 is 0 Å². The molecule has 0 saturated carbocycles. The zero-order chi connectivity index (χ0) is 16.2. The summed E-state index contributed by atoms with van der Waals surface area (Å²) in [5.74, 6) is 0.518. The number of pyridine rings is 1. The Balaban J connectivity index is 1.78. The second-order valence-electron chi connectivity index (χ2n) is 5.29. The van der Waals surface area contributed by atoms with Crippen molar-refractivity contribution in [3.05, 3.63) is 47.3 Å². The molecule has 0 aromatic carbocycles. The molecule has 0 saturated heterocycles. The molecule has 3 rings (SSSR count). The van der Waals surface area contributed by atoms with Crippen LogP contribution in [0.5, 0.6) is 5.75 Å². The molecule has 0 aliphatic carbocycles. The highest BCUT2D eigenvalue weighted by Gasteiger charge is 2.25. The van der Waals surface area contributed by atoms with E-state index in [2.05, 4.69) is 15.0 Å². The molecule has 0 bridgehead atoms. The number of methoxy groups -OCH3 is 2. The largest absolute Gasteiger partial charge is 0.494 e. The predicted octanol–water partition coefficient (Wildman–Crippen LogP) is 1.23. The topological polar surface area (TPSA) is 77.4 Å². The quantitative estimate of drug-likeness (QED) is 0.844. The fourth-order valence-corrected chi connectivity index (χ4v) is 2.69. The molecule has 0 N–H and O–H groups in total. The number of rotatable bonds is 4. The van der Waals surface area contributed by atoms with Gasteiger partial charge in [0.1, 0.15) is 0 Å². The minimum atomic E-state index is -0.185. The molecule has 2 aromatic rings. The van der Waals surface area contributed by atoms with Gasteiger partial charge in [0.2, 0.25) is 5.82 Å². The third-order valence-electron chi connectivity index (χ3n) is 3.87. The van der Waals surface area contributed by atoms with E-state index in [9.17, 15) is 4.79 Å². The fourth-order valence-electron chi connectivity index (χ4n) is 2.69. The van der Waals surface area contributed by atoms with Crippen LogP contribution in [0, 0.1) is 0 Å². The van der Waals surface area contributed by atoms with Crippen LogP contribution in [0.2, 0.25) is 0 Å². The Morgan fingerprint density at radius 1 is 1.22 bits per heavy atom. The SMILES string of the molecule is COCc1cncc2c1CCN(C(=O)c1ncc(OC)cn1)C2. The Morgan fingerprint density at radius 3 is 2.70 bits per heavy atom. The normalized spacial score (nSPS) is 13.6. The van der Waals surface area contributed by atoms with Crippen LogP contribution < -0.4 is 4.74 Å². The van der Waals surface area contributed by atoms with Gasteiger partial charge in [-0.15, -0.1) is 0 Å². The lowest BCUT2D eigenvalue weighted by atomic mass is 9.97. The first-order chi connectivity index (χ1) is 11.2. The van der Waals surface area contributed by atoms with E-state index in [-0.39, 0.29) is 11.7 Å². The lowest BCUT2D eigenvalue weighted by Crippen LogP contribution is -2.37. The van der Waals surface area contributed by atoms with Crippen molar-refractivity contribution in [2.45, 2.75) is 19.6 Å². The first kappa shape index (κ1) is 15.4. The van der Waals surface area contributed by atoms with E-state index in [1.807, 2.05) is 12.4 Å². The standard InChI is InChI=1S/C16H18N4O3/c1-22-10-12-6-17-5-11-9-20(4-3-14(11)12)16(21)15-18-7-13(23-2)8-19-15/h5-8H,3-4,9-10H2,1-2H3. The second kappa shape index (κ2) is 6.70. The summed E-state index contributed by atoms with van der Waals surface area (Å²) in [6.07, 6.45) is 7.40. The van der Waals surface area contributed by atoms with Crippen LogP contribution in [0.15, 0.2) is 24.8 Å². The molecule has 0 spiro atoms. The fraction of sp³-hybridized carbons (Fsp3) is 0.375. The highest BCUT2D eigenvalue weighted by Crippen LogP contribution is 2.23. The van der Waals surface area contributed by atoms with Gasteiger partial charge in [-0.25, -0.2) is 9.97 Å². The number of carbonyl (C=O) groups excluding carboxylic acids is 1. The van der Waals surface area contributed by atoms with Crippen molar-refractivity contribution >= 4 is 5.91 Å². The molecule has 3 heterocycles. The van der Waals surface area contributed by atoms with E-state index in [0.29, 0.717) is 25.4 Å². The highest BCUT2D eigenvalue weighted by molar-refractivity contribution is 5.90. The molecule has 23 heavy (non-hydrogen) atoms. The van der Waals surface area contributed by atoms with Gasteiger partial charge in [-0.2, -0.15) is 0 Å². The van der Waals surface area contributed by atoms with Crippen LogP contribution in [-0.2, 0) is 24.3 Å². The molecule has 0 atom stereocenters. The Bertz CT molecular complexity index is 703. The summed E-state index contributed by atoms with van der Waals surface area (Å²) in [5.41, 5.74) is 3.35. The number of ether oxygens (including phenoxy) is 2. The number of fused-ring (bicyclic) bond motifs is 1. The lowest BCUT2D eigenvalue weighted by Gasteiger charge is -2.29. The molecule has 1 amide bonds. The van der Waals surface area contributed by atoms with Gasteiger partial charge in [0, 0.05) is 32.6 Å². The van der Waals surface area contributed by atoms with Crippen molar-refractivity contribution in [3.8, 4) is 5.75 Å². The number of nitrogens with zero attached hydrogens (tertiary/aromatic N) is 4. The molecule has 120 valence electrons. The molecule has 2 aromatic heterocycles. The Labute approximate surface area is 134 Å². The minimum Gasteiger partial charge on any atom is -0.494 e. The van der Waals surface area contributed by atoms with E-state index in [1.54, 1.807) is 12.0 Å². The maximum absolute atomic E-state index is 12.5. The van der Waals surface area contributed by atoms with Gasteiger partial charge in [0.25, 0.3) is 5.91 Å². The summed E-state index contributed by atoms with van der Waals surface area (Å²) in [7, 11) is 3.20. The Morgan fingerprint density at radius 2 is 2.00 bits per heavy atom. The first-order valence-corrected chi connectivity index (χ1v) is 7.31. The van der Waals surface area contributed by atoms with Crippen molar-refractivity contribution < 1.29 is 14.3 Å². The van der Waals surface area contributed by atoms with Crippen molar-refractivity contribution in [3.63, 3.8) is 0 Å². The summed E-state index contributed by atoms with van der Waals surface area (Å²) in [4.78, 5) is 26.6. The van der Waals surface area contributed by atoms with E-state index in [0.717, 1.165) is 17.5 Å². The third-order valence-corrected chi connectivity index (χ3v) is 3.87. The minimum absolute atomic E-state index is 0.176. The predicted molar refractivity (Wildman–Crippen MR) is 82.0 cm³/mol. The summed E-state index contributed by atoms with van der Waals surface area (Å²) in [5, 5.41) is 0. The molecule has 7 nitrogen and oxygen atoms in total. The maximum Gasteiger partial charge on any atom is 0.291 e. The van der Waals surface area contributed by atoms with Gasteiger partial charge < -0.3 is 14.4 Å². The van der Waals surface area contributed by atoms with E-state index in [4.69, 9.17) is 9.47 Å². The number of hydrogen-bond donors (Lipinski definition) is 0. The second-order valence-corrected chi connectivity index (χ2v) is 5.29. The molecule has 1 aliphatic rings. The molecule has 0 fully saturated rings. The van der Waals surface area contributed by atoms with E-state index >= 15 is 0 Å². The van der Waals surface area contributed by atoms with Crippen LogP contribution in [0.1, 0.15) is 27.3 Å². The van der Waals surface area contributed by atoms with E-state index in [1.165, 1.54) is 25.1 Å². The van der Waals surface area contributed by atoms with Crippen molar-refractivity contribution in [2.75, 3.05) is 20.8 Å². The van der Waals surface area contributed by atoms with Gasteiger partial charge in [-0.05, 0) is 23.1 Å². The first-order valence-electron chi connectivity index (χ1n) is 7.31. The molecule has 0 unspecified atom stereocenters. The Hall–Kier alpha value is -2.54. The summed E-state index contributed by atoms with van der Waals surface area (Å²) >= 11 is 0. The van der Waals surface area contributed by atoms with Crippen LogP contribution >= 0.6 is 0 Å². The van der Waals surface area contributed by atoms with Gasteiger partial charge in [-0.1, -0.05) is 0 Å². The molecule has 0 radical (unpaired) electrons. The monoisotopic (exact) mass is 314 g/mol. The molecular formula is C16H18N4O3. The van der Waals surface area contributed by atoms with Crippen LogP contribution in [-0.4, -0.2) is 46.5 Å². The van der Waals surface area contributed by atoms with Crippen LogP contribution in [0.3, 0.4) is 0 Å². The van der Waals surface area contributed by atoms with Gasteiger partial charge in [0.15, 0.2) is 5.75 Å². The van der Waals surface area contributed by atoms with Crippen molar-refractivity contribution in [1.29, 1.82) is 0 Å². The number of aromatic nitrogens is 3. The van der Waals surface area contributed by atoms with Crippen molar-refractivity contribution in [2.24, 2.45) is 0 Å². The average molecular weight is 314 g/mol. The zero-order valence-electron chi connectivity index (χ0n) is 13.2. The highest BCUT2D eigenvalue weighted by atomic mass is 16.5. The third kappa shape index (κ3) is 3.14. The molecule has 7 heteroatoms. The summed E-state index contributed by atoms with van der Waals surface area (Å²) in [6, 6.07) is 0. The number of carbonyl (C=O) groups is 1. The Kier molecular flexibility index (Phi) is 4.47. The average Bonchev–Trinajstić information content (AvgIpc) is 2.61.